The SMILES string of the molecule is C=CC(=C\C=C/C)/N=N/C(C)=C/C=C(C=C)/C(C=C)=C/C=C(C=C)/N=N/C(C)=C/C=C\C=C/C.CC.CC.CC.CC. The average molecular weight is 573 g/mol. The van der Waals surface area contributed by atoms with Crippen LogP contribution in [0.25, 0.3) is 0 Å². The topological polar surface area (TPSA) is 49.4 Å². The molecule has 0 saturated heterocycles. The van der Waals surface area contributed by atoms with Crippen molar-refractivity contribution in [2.24, 2.45) is 20.5 Å². The predicted octanol–water partition coefficient (Wildman–Crippen LogP) is 13.9. The largest absolute Gasteiger partial charge is 0.155 e. The molecule has 0 heterocycles. The fourth-order valence-electron chi connectivity index (χ4n) is 2.14. The first kappa shape index (κ1) is 47.6. The Morgan fingerprint density at radius 3 is 1.21 bits per heavy atom. The number of rotatable bonds is 14. The van der Waals surface area contributed by atoms with Gasteiger partial charge < -0.3 is 0 Å². The molecule has 232 valence electrons. The lowest BCUT2D eigenvalue weighted by Gasteiger charge is -2.01. The number of nitrogens with zero attached hydrogens (tertiary/aromatic N) is 4. The van der Waals surface area contributed by atoms with Gasteiger partial charge in [-0.25, -0.2) is 0 Å². The summed E-state index contributed by atoms with van der Waals surface area (Å²) in [6.45, 7) is 39.0. The molecule has 0 rings (SSSR count). The van der Waals surface area contributed by atoms with Crippen molar-refractivity contribution in [3.05, 3.63) is 157 Å². The Hall–Kier alpha value is -4.18. The van der Waals surface area contributed by atoms with E-state index < -0.39 is 0 Å². The van der Waals surface area contributed by atoms with Gasteiger partial charge in [-0.1, -0.05) is 142 Å². The van der Waals surface area contributed by atoms with E-state index in [4.69, 9.17) is 0 Å². The summed E-state index contributed by atoms with van der Waals surface area (Å²) in [6.07, 6.45) is 29.6. The van der Waals surface area contributed by atoms with Crippen LogP contribution >= 0.6 is 0 Å². The molecule has 0 aliphatic rings. The molecule has 0 bridgehead atoms. The maximum Gasteiger partial charge on any atom is 0.0851 e. The molecule has 0 aromatic rings. The molecule has 0 aliphatic carbocycles. The molecule has 4 heteroatoms. The highest BCUT2D eigenvalue weighted by Crippen LogP contribution is 2.15. The zero-order valence-electron chi connectivity index (χ0n) is 28.9. The van der Waals surface area contributed by atoms with E-state index >= 15 is 0 Å². The van der Waals surface area contributed by atoms with Gasteiger partial charge in [-0.3, -0.25) is 0 Å². The highest BCUT2D eigenvalue weighted by Gasteiger charge is 1.97. The molecule has 0 radical (unpaired) electrons. The monoisotopic (exact) mass is 572 g/mol. The van der Waals surface area contributed by atoms with E-state index in [1.54, 1.807) is 24.3 Å². The van der Waals surface area contributed by atoms with Gasteiger partial charge in [0.05, 0.1) is 22.8 Å². The van der Waals surface area contributed by atoms with E-state index in [9.17, 15) is 0 Å². The van der Waals surface area contributed by atoms with Gasteiger partial charge in [0.1, 0.15) is 0 Å². The smallest absolute Gasteiger partial charge is 0.0851 e. The second-order valence-corrected chi connectivity index (χ2v) is 6.70. The van der Waals surface area contributed by atoms with Crippen LogP contribution in [0.4, 0.5) is 0 Å². The molecule has 42 heavy (non-hydrogen) atoms. The minimum absolute atomic E-state index is 0.623. The van der Waals surface area contributed by atoms with Crippen LogP contribution in [0.3, 0.4) is 0 Å². The highest BCUT2D eigenvalue weighted by molar-refractivity contribution is 5.49. The maximum absolute atomic E-state index is 4.24. The van der Waals surface area contributed by atoms with Crippen molar-refractivity contribution in [2.45, 2.75) is 83.1 Å². The molecular weight excluding hydrogens is 512 g/mol. The van der Waals surface area contributed by atoms with Crippen molar-refractivity contribution in [1.29, 1.82) is 0 Å². The molecule has 0 amide bonds. The summed E-state index contributed by atoms with van der Waals surface area (Å²) in [7, 11) is 0. The second kappa shape index (κ2) is 41.3. The summed E-state index contributed by atoms with van der Waals surface area (Å²) in [5.41, 5.74) is 4.56. The summed E-state index contributed by atoms with van der Waals surface area (Å²) in [5, 5.41) is 16.9. The number of hydrogen-bond donors (Lipinski definition) is 0. The van der Waals surface area contributed by atoms with Crippen LogP contribution in [0.1, 0.15) is 83.1 Å². The molecular formula is C38H60N4. The maximum atomic E-state index is 4.24. The van der Waals surface area contributed by atoms with Crippen molar-refractivity contribution in [1.82, 2.24) is 0 Å². The molecule has 0 aromatic carbocycles. The lowest BCUT2D eigenvalue weighted by atomic mass is 10.0. The summed E-state index contributed by atoms with van der Waals surface area (Å²) >= 11 is 0. The molecule has 0 aliphatic heterocycles. The second-order valence-electron chi connectivity index (χ2n) is 6.70. The molecule has 0 N–H and O–H groups in total. The minimum Gasteiger partial charge on any atom is -0.155 e. The third-order valence-electron chi connectivity index (χ3n) is 3.99. The van der Waals surface area contributed by atoms with Crippen LogP contribution in [-0.2, 0) is 0 Å². The van der Waals surface area contributed by atoms with Crippen LogP contribution in [0.5, 0.6) is 0 Å². The minimum atomic E-state index is 0.623. The van der Waals surface area contributed by atoms with Crippen LogP contribution in [0.15, 0.2) is 178 Å². The van der Waals surface area contributed by atoms with Gasteiger partial charge in [-0.15, -0.1) is 0 Å². The fraction of sp³-hybridized carbons (Fsp3) is 0.316. The van der Waals surface area contributed by atoms with Gasteiger partial charge in [0, 0.05) is 0 Å². The van der Waals surface area contributed by atoms with Gasteiger partial charge in [0.25, 0.3) is 0 Å². The molecule has 0 fully saturated rings. The van der Waals surface area contributed by atoms with Crippen molar-refractivity contribution in [3.8, 4) is 0 Å². The fourth-order valence-corrected chi connectivity index (χ4v) is 2.14. The highest BCUT2D eigenvalue weighted by atomic mass is 15.1. The van der Waals surface area contributed by atoms with Crippen molar-refractivity contribution in [3.63, 3.8) is 0 Å². The van der Waals surface area contributed by atoms with Gasteiger partial charge in [0.2, 0.25) is 0 Å². The first-order valence-electron chi connectivity index (χ1n) is 14.9. The summed E-state index contributed by atoms with van der Waals surface area (Å²) < 4.78 is 0. The lowest BCUT2D eigenvalue weighted by molar-refractivity contribution is 1.09. The van der Waals surface area contributed by atoms with E-state index in [1.165, 1.54) is 0 Å². The Labute approximate surface area is 260 Å². The lowest BCUT2D eigenvalue weighted by Crippen LogP contribution is -1.83. The molecule has 0 spiro atoms. The van der Waals surface area contributed by atoms with E-state index in [0.29, 0.717) is 11.4 Å². The van der Waals surface area contributed by atoms with Crippen LogP contribution in [-0.4, -0.2) is 0 Å². The summed E-state index contributed by atoms with van der Waals surface area (Å²) in [5.74, 6) is 0. The Kier molecular flexibility index (Phi) is 46.8. The molecule has 4 nitrogen and oxygen atoms in total. The normalized spacial score (nSPS) is 13.0. The van der Waals surface area contributed by atoms with Crippen molar-refractivity contribution in [2.75, 3.05) is 0 Å². The third kappa shape index (κ3) is 30.4. The number of hydrogen-bond acceptors (Lipinski definition) is 4. The van der Waals surface area contributed by atoms with Gasteiger partial charge >= 0.3 is 0 Å². The van der Waals surface area contributed by atoms with Crippen LogP contribution < -0.4 is 0 Å². The zero-order chi connectivity index (χ0) is 33.6. The standard InChI is InChI=1S/C30H36N4.4C2H6/c1-9-15-17-18-19-25(7)31-34-30(14-6)24-23-28(12-4)27(11-3)22-21-26(8)32-33-29(13-5)20-16-10-2;4*1-2/h9-24H,3-6H2,1-2,7-8H3;4*1-2H3/b15-9-,16-10-,18-17-,25-19+,26-21+,27-22+,28-23+,29-20+,30-24+,33-32+,34-31+;;;;. The predicted molar refractivity (Wildman–Crippen MR) is 195 cm³/mol. The van der Waals surface area contributed by atoms with E-state index in [1.807, 2.05) is 156 Å². The van der Waals surface area contributed by atoms with Gasteiger partial charge in [-0.2, -0.15) is 20.5 Å². The van der Waals surface area contributed by atoms with E-state index in [-0.39, 0.29) is 0 Å². The van der Waals surface area contributed by atoms with Crippen molar-refractivity contribution < 1.29 is 0 Å². The zero-order valence-corrected chi connectivity index (χ0v) is 28.9. The van der Waals surface area contributed by atoms with Gasteiger partial charge in [-0.05, 0) is 75.3 Å². The Morgan fingerprint density at radius 2 is 0.810 bits per heavy atom. The molecule has 0 atom stereocenters. The summed E-state index contributed by atoms with van der Waals surface area (Å²) in [4.78, 5) is 0. The van der Waals surface area contributed by atoms with Crippen LogP contribution in [0, 0.1) is 0 Å². The quantitative estimate of drug-likeness (QED) is 0.147. The van der Waals surface area contributed by atoms with Crippen molar-refractivity contribution >= 4 is 0 Å². The first-order valence-corrected chi connectivity index (χ1v) is 14.9. The van der Waals surface area contributed by atoms with Gasteiger partial charge in [0.15, 0.2) is 0 Å². The molecule has 0 saturated carbocycles. The Balaban J connectivity index is -0.000000521. The molecule has 0 unspecified atom stereocenters. The third-order valence-corrected chi connectivity index (χ3v) is 3.99. The average Bonchev–Trinajstić information content (AvgIpc) is 3.06. The molecule has 0 aromatic heterocycles. The van der Waals surface area contributed by atoms with E-state index in [0.717, 1.165) is 22.5 Å². The van der Waals surface area contributed by atoms with E-state index in [2.05, 4.69) is 46.8 Å². The van der Waals surface area contributed by atoms with Crippen LogP contribution in [0.2, 0.25) is 0 Å². The number of allylic oxidation sites excluding steroid dienone is 20. The first-order chi connectivity index (χ1) is 20.4. The number of azo groups is 2. The Morgan fingerprint density at radius 1 is 0.405 bits per heavy atom. The summed E-state index contributed by atoms with van der Waals surface area (Å²) in [6, 6.07) is 0. The Bertz CT molecular complexity index is 1040.